The van der Waals surface area contributed by atoms with Crippen molar-refractivity contribution in [3.8, 4) is 28.4 Å². The molecule has 2 aromatic heterocycles. The number of ether oxygens (including phenoxy) is 1. The van der Waals surface area contributed by atoms with Gasteiger partial charge in [0.25, 0.3) is 0 Å². The Morgan fingerprint density at radius 3 is 2.02 bits per heavy atom. The van der Waals surface area contributed by atoms with Crippen molar-refractivity contribution in [1.29, 1.82) is 0 Å². The van der Waals surface area contributed by atoms with Crippen LogP contribution in [0.1, 0.15) is 52.7 Å². The minimum absolute atomic E-state index is 0.00419. The Bertz CT molecular complexity index is 2410. The molecule has 0 bridgehead atoms. The second kappa shape index (κ2) is 12.5. The van der Waals surface area contributed by atoms with Gasteiger partial charge < -0.3 is 14.5 Å². The molecule has 7 aromatic rings. The van der Waals surface area contributed by atoms with Crippen molar-refractivity contribution in [2.45, 2.75) is 52.4 Å². The quantitative estimate of drug-likeness (QED) is 0.177. The first-order valence-corrected chi connectivity index (χ1v) is 17.7. The number of fused-ring (bicyclic) bond motifs is 3. The Labute approximate surface area is 301 Å². The summed E-state index contributed by atoms with van der Waals surface area (Å²) in [7, 11) is 0. The number of benzene rings is 5. The van der Waals surface area contributed by atoms with Gasteiger partial charge in [-0.05, 0) is 87.7 Å². The molecule has 5 aromatic carbocycles. The summed E-state index contributed by atoms with van der Waals surface area (Å²) in [5.41, 5.74) is 9.32. The van der Waals surface area contributed by atoms with Gasteiger partial charge in [-0.3, -0.25) is 4.57 Å². The van der Waals surface area contributed by atoms with Crippen LogP contribution in [0.4, 0.5) is 11.4 Å². The lowest BCUT2D eigenvalue weighted by Crippen LogP contribution is -2.25. The van der Waals surface area contributed by atoms with Crippen LogP contribution in [0, 0.1) is 0 Å². The molecule has 0 atom stereocenters. The highest BCUT2D eigenvalue weighted by Gasteiger charge is 2.21. The van der Waals surface area contributed by atoms with Crippen molar-refractivity contribution in [3.05, 3.63) is 157 Å². The fourth-order valence-corrected chi connectivity index (χ4v) is 6.92. The van der Waals surface area contributed by atoms with Gasteiger partial charge in [0.05, 0.1) is 17.7 Å². The van der Waals surface area contributed by atoms with E-state index >= 15 is 0 Å². The lowest BCUT2D eigenvalue weighted by atomic mass is 9.87. The number of anilines is 2. The summed E-state index contributed by atoms with van der Waals surface area (Å²) in [4.78, 5) is 9.43. The number of pyridine rings is 1. The fourth-order valence-electron chi connectivity index (χ4n) is 6.92. The topological polar surface area (TPSA) is 33.5 Å². The molecule has 254 valence electrons. The van der Waals surface area contributed by atoms with Gasteiger partial charge in [-0.25, -0.2) is 4.98 Å². The molecule has 0 amide bonds. The van der Waals surface area contributed by atoms with Gasteiger partial charge in [0.1, 0.15) is 17.3 Å². The number of para-hydroxylation sites is 1. The molecule has 3 heterocycles. The third kappa shape index (κ3) is 6.36. The largest absolute Gasteiger partial charge is 0.457 e. The van der Waals surface area contributed by atoms with E-state index in [1.165, 1.54) is 22.2 Å². The summed E-state index contributed by atoms with van der Waals surface area (Å²) in [5.74, 6) is 2.45. The van der Waals surface area contributed by atoms with Crippen molar-refractivity contribution >= 4 is 33.2 Å². The molecular formula is C46H44N4O. The maximum Gasteiger partial charge on any atom is 0.137 e. The smallest absolute Gasteiger partial charge is 0.137 e. The Balaban J connectivity index is 1.18. The third-order valence-electron chi connectivity index (χ3n) is 9.83. The molecule has 0 spiro atoms. The lowest BCUT2D eigenvalue weighted by molar-refractivity contribution is 0.483. The second-order valence-corrected chi connectivity index (χ2v) is 15.5. The molecule has 0 aliphatic carbocycles. The van der Waals surface area contributed by atoms with Crippen LogP contribution < -0.4 is 14.5 Å². The average molecular weight is 669 g/mol. The van der Waals surface area contributed by atoms with E-state index in [2.05, 4.69) is 196 Å². The van der Waals surface area contributed by atoms with Gasteiger partial charge >= 0.3 is 0 Å². The van der Waals surface area contributed by atoms with E-state index in [4.69, 9.17) is 9.72 Å². The van der Waals surface area contributed by atoms with Crippen LogP contribution in [0.3, 0.4) is 0 Å². The third-order valence-corrected chi connectivity index (χ3v) is 9.83. The lowest BCUT2D eigenvalue weighted by Gasteiger charge is -2.25. The number of nitrogens with zero attached hydrogens (tertiary/aromatic N) is 4. The molecule has 51 heavy (non-hydrogen) atoms. The summed E-state index contributed by atoms with van der Waals surface area (Å²) in [6, 6.07) is 45.1. The highest BCUT2D eigenvalue weighted by atomic mass is 16.5. The Hall–Kier alpha value is -5.81. The van der Waals surface area contributed by atoms with E-state index in [0.717, 1.165) is 50.6 Å². The SMILES string of the molecule is CC(C)(C)c1cccc(N2C=CN(c3cc(Oc4ccc5c6ccccc6n(-c6cc(C(C)(C)C)ccn6)c5c4)cc(-c4ccccc4)c3)C2)c1. The highest BCUT2D eigenvalue weighted by molar-refractivity contribution is 6.09. The van der Waals surface area contributed by atoms with E-state index in [1.807, 2.05) is 6.20 Å². The van der Waals surface area contributed by atoms with Gasteiger partial charge in [-0.15, -0.1) is 0 Å². The van der Waals surface area contributed by atoms with Crippen LogP contribution >= 0.6 is 0 Å². The van der Waals surface area contributed by atoms with Gasteiger partial charge in [-0.2, -0.15) is 0 Å². The van der Waals surface area contributed by atoms with E-state index in [-0.39, 0.29) is 10.8 Å². The van der Waals surface area contributed by atoms with Gasteiger partial charge in [-0.1, -0.05) is 102 Å². The summed E-state index contributed by atoms with van der Waals surface area (Å²) < 4.78 is 9.04. The zero-order valence-electron chi connectivity index (χ0n) is 30.3. The first-order chi connectivity index (χ1) is 24.5. The molecular weight excluding hydrogens is 625 g/mol. The first-order valence-electron chi connectivity index (χ1n) is 17.7. The molecule has 1 aliphatic heterocycles. The van der Waals surface area contributed by atoms with Gasteiger partial charge in [0.15, 0.2) is 0 Å². The Kier molecular flexibility index (Phi) is 7.94. The van der Waals surface area contributed by atoms with Gasteiger partial charge in [0.2, 0.25) is 0 Å². The number of hydrogen-bond donors (Lipinski definition) is 0. The Morgan fingerprint density at radius 2 is 1.24 bits per heavy atom. The molecule has 0 radical (unpaired) electrons. The molecule has 0 unspecified atom stereocenters. The van der Waals surface area contributed by atoms with Crippen molar-refractivity contribution in [1.82, 2.24) is 9.55 Å². The molecule has 0 saturated heterocycles. The van der Waals surface area contributed by atoms with Crippen LogP contribution in [0.5, 0.6) is 11.5 Å². The molecule has 0 saturated carbocycles. The van der Waals surface area contributed by atoms with Crippen LogP contribution in [-0.2, 0) is 10.8 Å². The van der Waals surface area contributed by atoms with Crippen molar-refractivity contribution in [2.75, 3.05) is 16.5 Å². The Morgan fingerprint density at radius 1 is 0.529 bits per heavy atom. The van der Waals surface area contributed by atoms with Crippen LogP contribution in [-0.4, -0.2) is 16.2 Å². The summed E-state index contributed by atoms with van der Waals surface area (Å²) in [6.45, 7) is 14.2. The van der Waals surface area contributed by atoms with Crippen molar-refractivity contribution in [3.63, 3.8) is 0 Å². The maximum absolute atomic E-state index is 6.78. The second-order valence-electron chi connectivity index (χ2n) is 15.5. The number of aromatic nitrogens is 2. The summed E-state index contributed by atoms with van der Waals surface area (Å²) in [5, 5.41) is 2.35. The van der Waals surface area contributed by atoms with Crippen molar-refractivity contribution < 1.29 is 4.74 Å². The average Bonchev–Trinajstić information content (AvgIpc) is 3.75. The minimum Gasteiger partial charge on any atom is -0.457 e. The molecule has 5 heteroatoms. The predicted octanol–water partition coefficient (Wildman–Crippen LogP) is 12.0. The van der Waals surface area contributed by atoms with Crippen molar-refractivity contribution in [2.24, 2.45) is 0 Å². The number of hydrogen-bond acceptors (Lipinski definition) is 4. The van der Waals surface area contributed by atoms with E-state index in [0.29, 0.717) is 6.67 Å². The number of rotatable bonds is 6. The summed E-state index contributed by atoms with van der Waals surface area (Å²) >= 11 is 0. The molecule has 0 N–H and O–H groups in total. The van der Waals surface area contributed by atoms with Crippen LogP contribution in [0.25, 0.3) is 38.8 Å². The van der Waals surface area contributed by atoms with Crippen LogP contribution in [0.2, 0.25) is 0 Å². The normalized spacial score (nSPS) is 13.5. The molecule has 0 fully saturated rings. The van der Waals surface area contributed by atoms with E-state index in [9.17, 15) is 0 Å². The standard InChI is InChI=1S/C46H44N4O/c1-45(2,3)34-15-12-16-36(27-34)48-23-24-49(31-48)37-25-33(32-13-8-7-9-14-32)26-39(29-37)51-38-19-20-41-40-17-10-11-18-42(40)50(43(41)30-38)44-28-35(21-22-47-44)46(4,5)6/h7-30H,31H2,1-6H3. The van der Waals surface area contributed by atoms with E-state index in [1.54, 1.807) is 0 Å². The zero-order chi connectivity index (χ0) is 35.3. The van der Waals surface area contributed by atoms with Crippen LogP contribution in [0.15, 0.2) is 146 Å². The molecule has 8 rings (SSSR count). The monoisotopic (exact) mass is 668 g/mol. The first kappa shape index (κ1) is 32.4. The van der Waals surface area contributed by atoms with Gasteiger partial charge in [0, 0.05) is 52.9 Å². The van der Waals surface area contributed by atoms with E-state index < -0.39 is 0 Å². The molecule has 1 aliphatic rings. The zero-order valence-corrected chi connectivity index (χ0v) is 30.3. The predicted molar refractivity (Wildman–Crippen MR) is 213 cm³/mol. The molecule has 5 nitrogen and oxygen atoms in total. The maximum atomic E-state index is 6.78. The minimum atomic E-state index is 0.00419. The fraction of sp³-hybridized carbons (Fsp3) is 0.196. The highest BCUT2D eigenvalue weighted by Crippen LogP contribution is 2.39. The summed E-state index contributed by atoms with van der Waals surface area (Å²) in [6.07, 6.45) is 6.23.